The van der Waals surface area contributed by atoms with Crippen LogP contribution in [0, 0.1) is 6.92 Å². The second-order valence-corrected chi connectivity index (χ2v) is 10.9. The van der Waals surface area contributed by atoms with E-state index in [2.05, 4.69) is 15.3 Å². The van der Waals surface area contributed by atoms with Gasteiger partial charge in [0.25, 0.3) is 5.56 Å². The van der Waals surface area contributed by atoms with E-state index < -0.39 is 22.5 Å². The molecule has 0 aliphatic rings. The van der Waals surface area contributed by atoms with E-state index in [0.29, 0.717) is 28.3 Å². The first-order valence-electron chi connectivity index (χ1n) is 11.1. The number of nitrogens with zero attached hydrogens (tertiary/aromatic N) is 2. The SMILES string of the molecule is Cc1cc(=O)[nH]c(-c2cccc(NC(=O)CN(Cc3ccccc3)S(=O)(=O)c3cc(Cl)ccc3Cl)c2)n1. The van der Waals surface area contributed by atoms with E-state index in [-0.39, 0.29) is 27.0 Å². The third kappa shape index (κ3) is 6.64. The minimum Gasteiger partial charge on any atom is -0.325 e. The second-order valence-electron chi connectivity index (χ2n) is 8.20. The van der Waals surface area contributed by atoms with Crippen molar-refractivity contribution < 1.29 is 13.2 Å². The molecule has 3 aromatic carbocycles. The van der Waals surface area contributed by atoms with Crippen molar-refractivity contribution in [3.8, 4) is 11.4 Å². The van der Waals surface area contributed by atoms with Crippen molar-refractivity contribution >= 4 is 44.8 Å². The highest BCUT2D eigenvalue weighted by Gasteiger charge is 2.29. The zero-order valence-electron chi connectivity index (χ0n) is 19.6. The van der Waals surface area contributed by atoms with Crippen LogP contribution in [0.15, 0.2) is 88.6 Å². The maximum absolute atomic E-state index is 13.6. The molecular weight excluding hydrogens is 535 g/mol. The number of aryl methyl sites for hydroxylation is 1. The van der Waals surface area contributed by atoms with Crippen molar-refractivity contribution in [2.45, 2.75) is 18.4 Å². The third-order valence-corrected chi connectivity index (χ3v) is 7.83. The Labute approximate surface area is 224 Å². The van der Waals surface area contributed by atoms with Crippen molar-refractivity contribution in [1.82, 2.24) is 14.3 Å². The van der Waals surface area contributed by atoms with E-state index in [9.17, 15) is 18.0 Å². The number of anilines is 1. The number of aromatic amines is 1. The van der Waals surface area contributed by atoms with Gasteiger partial charge in [-0.25, -0.2) is 13.4 Å². The summed E-state index contributed by atoms with van der Waals surface area (Å²) in [5.74, 6) is -0.217. The summed E-state index contributed by atoms with van der Waals surface area (Å²) < 4.78 is 28.2. The van der Waals surface area contributed by atoms with Gasteiger partial charge in [0.2, 0.25) is 15.9 Å². The minimum absolute atomic E-state index is 0.00443. The fourth-order valence-corrected chi connectivity index (χ4v) is 5.77. The molecule has 4 aromatic rings. The lowest BCUT2D eigenvalue weighted by Gasteiger charge is -2.23. The molecule has 37 heavy (non-hydrogen) atoms. The number of rotatable bonds is 8. The summed E-state index contributed by atoms with van der Waals surface area (Å²) in [5, 5.41) is 2.92. The lowest BCUT2D eigenvalue weighted by atomic mass is 10.2. The van der Waals surface area contributed by atoms with Crippen LogP contribution in [0.25, 0.3) is 11.4 Å². The lowest BCUT2D eigenvalue weighted by Crippen LogP contribution is -2.37. The number of sulfonamides is 1. The van der Waals surface area contributed by atoms with Gasteiger partial charge in [-0.05, 0) is 42.8 Å². The molecule has 1 aromatic heterocycles. The van der Waals surface area contributed by atoms with Gasteiger partial charge >= 0.3 is 0 Å². The van der Waals surface area contributed by atoms with Gasteiger partial charge in [0, 0.05) is 34.6 Å². The molecule has 2 N–H and O–H groups in total. The number of carbonyl (C=O) groups excluding carboxylic acids is 1. The maximum atomic E-state index is 13.6. The largest absolute Gasteiger partial charge is 0.325 e. The fraction of sp³-hybridized carbons (Fsp3) is 0.115. The first kappa shape index (κ1) is 26.6. The van der Waals surface area contributed by atoms with E-state index in [0.717, 1.165) is 4.31 Å². The summed E-state index contributed by atoms with van der Waals surface area (Å²) in [5.41, 5.74) is 1.93. The lowest BCUT2D eigenvalue weighted by molar-refractivity contribution is -0.116. The molecule has 0 atom stereocenters. The van der Waals surface area contributed by atoms with Gasteiger partial charge in [-0.1, -0.05) is 65.7 Å². The predicted octanol–water partition coefficient (Wildman–Crippen LogP) is 4.88. The number of hydrogen-bond donors (Lipinski definition) is 2. The highest BCUT2D eigenvalue weighted by molar-refractivity contribution is 7.89. The molecule has 0 fully saturated rings. The van der Waals surface area contributed by atoms with Crippen LogP contribution in [0.2, 0.25) is 10.0 Å². The number of carbonyl (C=O) groups is 1. The Morgan fingerprint density at radius 1 is 1.00 bits per heavy atom. The average Bonchev–Trinajstić information content (AvgIpc) is 2.85. The van der Waals surface area contributed by atoms with Gasteiger partial charge in [-0.2, -0.15) is 4.31 Å². The number of H-pyrrole nitrogens is 1. The Kier molecular flexibility index (Phi) is 8.09. The van der Waals surface area contributed by atoms with Crippen LogP contribution in [-0.4, -0.2) is 35.1 Å². The second kappa shape index (κ2) is 11.3. The van der Waals surface area contributed by atoms with Crippen molar-refractivity contribution in [3.05, 3.63) is 111 Å². The molecule has 4 rings (SSSR count). The number of benzene rings is 3. The molecule has 11 heteroatoms. The number of amides is 1. The van der Waals surface area contributed by atoms with E-state index in [1.165, 1.54) is 24.3 Å². The standard InChI is InChI=1S/C26H22Cl2N4O4S/c1-17-12-24(33)31-26(29-17)19-8-5-9-21(13-19)30-25(34)16-32(15-18-6-3-2-4-7-18)37(35,36)23-14-20(27)10-11-22(23)28/h2-14H,15-16H2,1H3,(H,30,34)(H,29,31,33). The normalized spacial score (nSPS) is 11.5. The molecule has 0 saturated heterocycles. The highest BCUT2D eigenvalue weighted by atomic mass is 35.5. The fourth-order valence-electron chi connectivity index (χ4n) is 3.65. The zero-order chi connectivity index (χ0) is 26.6. The van der Waals surface area contributed by atoms with Crippen LogP contribution in [0.4, 0.5) is 5.69 Å². The summed E-state index contributed by atoms with van der Waals surface area (Å²) in [4.78, 5) is 31.7. The van der Waals surface area contributed by atoms with Gasteiger partial charge in [0.1, 0.15) is 10.7 Å². The van der Waals surface area contributed by atoms with Gasteiger partial charge in [-0.3, -0.25) is 9.59 Å². The summed E-state index contributed by atoms with van der Waals surface area (Å²) >= 11 is 12.2. The zero-order valence-corrected chi connectivity index (χ0v) is 21.9. The van der Waals surface area contributed by atoms with E-state index >= 15 is 0 Å². The van der Waals surface area contributed by atoms with Crippen molar-refractivity contribution in [1.29, 1.82) is 0 Å². The van der Waals surface area contributed by atoms with E-state index in [1.54, 1.807) is 55.5 Å². The quantitative estimate of drug-likeness (QED) is 0.321. The molecule has 0 aliphatic heterocycles. The summed E-state index contributed by atoms with van der Waals surface area (Å²) in [6.45, 7) is 1.16. The van der Waals surface area contributed by atoms with Crippen LogP contribution < -0.4 is 10.9 Å². The molecule has 0 bridgehead atoms. The number of halogens is 2. The van der Waals surface area contributed by atoms with E-state index in [4.69, 9.17) is 23.2 Å². The van der Waals surface area contributed by atoms with Crippen molar-refractivity contribution in [2.75, 3.05) is 11.9 Å². The Morgan fingerprint density at radius 2 is 1.76 bits per heavy atom. The van der Waals surface area contributed by atoms with E-state index in [1.807, 2.05) is 6.07 Å². The molecular formula is C26H22Cl2N4O4S. The highest BCUT2D eigenvalue weighted by Crippen LogP contribution is 2.29. The van der Waals surface area contributed by atoms with Gasteiger partial charge < -0.3 is 10.3 Å². The molecule has 1 heterocycles. The Bertz CT molecular complexity index is 1610. The molecule has 0 spiro atoms. The topological polar surface area (TPSA) is 112 Å². The summed E-state index contributed by atoms with van der Waals surface area (Å²) in [6.07, 6.45) is 0. The first-order chi connectivity index (χ1) is 17.6. The average molecular weight is 557 g/mol. The summed E-state index contributed by atoms with van der Waals surface area (Å²) in [7, 11) is -4.19. The molecule has 0 saturated carbocycles. The van der Waals surface area contributed by atoms with Crippen LogP contribution in [0.5, 0.6) is 0 Å². The van der Waals surface area contributed by atoms with Crippen LogP contribution >= 0.6 is 23.2 Å². The monoisotopic (exact) mass is 556 g/mol. The Hall–Kier alpha value is -3.50. The number of aromatic nitrogens is 2. The van der Waals surface area contributed by atoms with Crippen molar-refractivity contribution in [2.24, 2.45) is 0 Å². The molecule has 1 amide bonds. The molecule has 0 unspecified atom stereocenters. The Balaban J connectivity index is 1.61. The van der Waals surface area contributed by atoms with Crippen LogP contribution in [-0.2, 0) is 21.4 Å². The smallest absolute Gasteiger partial charge is 0.251 e. The molecule has 8 nitrogen and oxygen atoms in total. The Morgan fingerprint density at radius 3 is 2.49 bits per heavy atom. The molecule has 0 aliphatic carbocycles. The molecule has 190 valence electrons. The van der Waals surface area contributed by atoms with Crippen LogP contribution in [0.1, 0.15) is 11.3 Å². The van der Waals surface area contributed by atoms with Gasteiger partial charge in [-0.15, -0.1) is 0 Å². The number of nitrogens with one attached hydrogen (secondary N) is 2. The minimum atomic E-state index is -4.19. The van der Waals surface area contributed by atoms with Gasteiger partial charge in [0.05, 0.1) is 11.6 Å². The van der Waals surface area contributed by atoms with Crippen LogP contribution in [0.3, 0.4) is 0 Å². The van der Waals surface area contributed by atoms with Crippen molar-refractivity contribution in [3.63, 3.8) is 0 Å². The maximum Gasteiger partial charge on any atom is 0.251 e. The first-order valence-corrected chi connectivity index (χ1v) is 13.3. The number of hydrogen-bond acceptors (Lipinski definition) is 5. The summed E-state index contributed by atoms with van der Waals surface area (Å²) in [6, 6.07) is 21.1. The molecule has 0 radical (unpaired) electrons. The third-order valence-electron chi connectivity index (χ3n) is 5.32. The predicted molar refractivity (Wildman–Crippen MR) is 144 cm³/mol. The van der Waals surface area contributed by atoms with Gasteiger partial charge in [0.15, 0.2) is 0 Å².